The first-order valence-electron chi connectivity index (χ1n) is 7.33. The van der Waals surface area contributed by atoms with Crippen molar-refractivity contribution in [2.24, 2.45) is 0 Å². The van der Waals surface area contributed by atoms with Crippen LogP contribution < -0.4 is 5.32 Å². The van der Waals surface area contributed by atoms with Crippen molar-refractivity contribution in [2.45, 2.75) is 38.5 Å². The van der Waals surface area contributed by atoms with E-state index in [1.54, 1.807) is 0 Å². The summed E-state index contributed by atoms with van der Waals surface area (Å²) in [5, 5.41) is 10.5. The van der Waals surface area contributed by atoms with Gasteiger partial charge in [-0.3, -0.25) is 5.10 Å². The van der Waals surface area contributed by atoms with Crippen LogP contribution in [-0.2, 0) is 11.3 Å². The van der Waals surface area contributed by atoms with E-state index < -0.39 is 0 Å². The zero-order valence-corrected chi connectivity index (χ0v) is 12.1. The number of benzene rings is 1. The Hall–Kier alpha value is -1.72. The molecule has 2 N–H and O–H groups in total. The molecule has 0 amide bonds. The molecule has 0 bridgehead atoms. The molecule has 0 spiro atoms. The summed E-state index contributed by atoms with van der Waals surface area (Å²) in [6.07, 6.45) is 4.08. The molecule has 1 aromatic carbocycles. The number of aromatic amines is 1. The van der Waals surface area contributed by atoms with Gasteiger partial charge >= 0.3 is 0 Å². The van der Waals surface area contributed by atoms with Gasteiger partial charge in [-0.25, -0.2) is 4.39 Å². The molecule has 5 heteroatoms. The SMILES string of the molecule is Cc1[nH]ncc1CN[C@H](c1ccc(F)cc1)[C@H]1CCCO1. The fourth-order valence-electron chi connectivity index (χ4n) is 2.77. The smallest absolute Gasteiger partial charge is 0.123 e. The van der Waals surface area contributed by atoms with Crippen molar-refractivity contribution in [1.82, 2.24) is 15.5 Å². The third-order valence-corrected chi connectivity index (χ3v) is 4.01. The lowest BCUT2D eigenvalue weighted by molar-refractivity contribution is 0.0775. The van der Waals surface area contributed by atoms with E-state index in [1.165, 1.54) is 12.1 Å². The number of halogens is 1. The number of hydrogen-bond acceptors (Lipinski definition) is 3. The molecule has 1 saturated heterocycles. The summed E-state index contributed by atoms with van der Waals surface area (Å²) >= 11 is 0. The van der Waals surface area contributed by atoms with Crippen LogP contribution in [-0.4, -0.2) is 22.9 Å². The molecular formula is C16H20FN3O. The number of aromatic nitrogens is 2. The summed E-state index contributed by atoms with van der Waals surface area (Å²) in [6.45, 7) is 3.52. The molecule has 21 heavy (non-hydrogen) atoms. The van der Waals surface area contributed by atoms with E-state index in [9.17, 15) is 4.39 Å². The minimum Gasteiger partial charge on any atom is -0.376 e. The predicted octanol–water partition coefficient (Wildman–Crippen LogP) is 2.87. The highest BCUT2D eigenvalue weighted by Gasteiger charge is 2.27. The monoisotopic (exact) mass is 289 g/mol. The van der Waals surface area contributed by atoms with E-state index in [0.717, 1.165) is 36.3 Å². The number of rotatable bonds is 5. The first kappa shape index (κ1) is 14.2. The Morgan fingerprint density at radius 3 is 2.86 bits per heavy atom. The Bertz CT molecular complexity index is 575. The summed E-state index contributed by atoms with van der Waals surface area (Å²) in [6, 6.07) is 6.74. The Labute approximate surface area is 123 Å². The number of H-pyrrole nitrogens is 1. The standard InChI is InChI=1S/C16H20FN3O/c1-11-13(10-19-20-11)9-18-16(15-3-2-8-21-15)12-4-6-14(17)7-5-12/h4-7,10,15-16,18H,2-3,8-9H2,1H3,(H,19,20)/t15-,16-/m1/s1. The van der Waals surface area contributed by atoms with Crippen LogP contribution in [0.3, 0.4) is 0 Å². The Balaban J connectivity index is 1.75. The molecule has 1 aliphatic rings. The number of hydrogen-bond donors (Lipinski definition) is 2. The first-order valence-corrected chi connectivity index (χ1v) is 7.33. The molecule has 112 valence electrons. The zero-order valence-electron chi connectivity index (χ0n) is 12.1. The van der Waals surface area contributed by atoms with E-state index in [2.05, 4.69) is 15.5 Å². The normalized spacial score (nSPS) is 19.8. The fourth-order valence-corrected chi connectivity index (χ4v) is 2.77. The molecule has 0 saturated carbocycles. The van der Waals surface area contributed by atoms with Crippen LogP contribution in [0.25, 0.3) is 0 Å². The highest BCUT2D eigenvalue weighted by Crippen LogP contribution is 2.27. The molecule has 2 heterocycles. The maximum Gasteiger partial charge on any atom is 0.123 e. The molecule has 3 rings (SSSR count). The Morgan fingerprint density at radius 2 is 2.24 bits per heavy atom. The van der Waals surface area contributed by atoms with E-state index in [4.69, 9.17) is 4.74 Å². The van der Waals surface area contributed by atoms with E-state index >= 15 is 0 Å². The van der Waals surface area contributed by atoms with E-state index in [1.807, 2.05) is 25.3 Å². The summed E-state index contributed by atoms with van der Waals surface area (Å²) in [4.78, 5) is 0. The summed E-state index contributed by atoms with van der Waals surface area (Å²) in [7, 11) is 0. The summed E-state index contributed by atoms with van der Waals surface area (Å²) < 4.78 is 18.9. The van der Waals surface area contributed by atoms with E-state index in [0.29, 0.717) is 6.54 Å². The van der Waals surface area contributed by atoms with E-state index in [-0.39, 0.29) is 18.0 Å². The number of ether oxygens (including phenoxy) is 1. The minimum absolute atomic E-state index is 0.0717. The van der Waals surface area contributed by atoms with Gasteiger partial charge in [-0.15, -0.1) is 0 Å². The van der Waals surface area contributed by atoms with Crippen molar-refractivity contribution >= 4 is 0 Å². The third-order valence-electron chi connectivity index (χ3n) is 4.01. The van der Waals surface area contributed by atoms with Crippen LogP contribution in [0.4, 0.5) is 4.39 Å². The molecule has 4 nitrogen and oxygen atoms in total. The summed E-state index contributed by atoms with van der Waals surface area (Å²) in [5.74, 6) is -0.212. The van der Waals surface area contributed by atoms with Crippen LogP contribution in [0.15, 0.2) is 30.5 Å². The van der Waals surface area contributed by atoms with Crippen LogP contribution in [0.5, 0.6) is 0 Å². The molecule has 1 aliphatic heterocycles. The number of aryl methyl sites for hydroxylation is 1. The maximum absolute atomic E-state index is 13.1. The molecule has 0 unspecified atom stereocenters. The lowest BCUT2D eigenvalue weighted by Crippen LogP contribution is -2.31. The van der Waals surface area contributed by atoms with Gasteiger partial charge in [-0.05, 0) is 37.5 Å². The van der Waals surface area contributed by atoms with Crippen molar-refractivity contribution < 1.29 is 9.13 Å². The lowest BCUT2D eigenvalue weighted by Gasteiger charge is -2.25. The molecule has 2 atom stereocenters. The van der Waals surface area contributed by atoms with Crippen LogP contribution >= 0.6 is 0 Å². The van der Waals surface area contributed by atoms with Gasteiger partial charge in [0, 0.05) is 24.4 Å². The maximum atomic E-state index is 13.1. The second-order valence-electron chi connectivity index (χ2n) is 5.48. The fraction of sp³-hybridized carbons (Fsp3) is 0.438. The zero-order chi connectivity index (χ0) is 14.7. The molecule has 0 radical (unpaired) electrons. The Morgan fingerprint density at radius 1 is 1.43 bits per heavy atom. The van der Waals surface area contributed by atoms with Crippen LogP contribution in [0, 0.1) is 12.7 Å². The van der Waals surface area contributed by atoms with Crippen molar-refractivity contribution in [1.29, 1.82) is 0 Å². The van der Waals surface area contributed by atoms with Gasteiger partial charge in [0.15, 0.2) is 0 Å². The van der Waals surface area contributed by atoms with Gasteiger partial charge in [0.1, 0.15) is 5.82 Å². The van der Waals surface area contributed by atoms with Crippen molar-refractivity contribution in [3.05, 3.63) is 53.1 Å². The van der Waals surface area contributed by atoms with Crippen LogP contribution in [0.2, 0.25) is 0 Å². The Kier molecular flexibility index (Phi) is 4.31. The largest absolute Gasteiger partial charge is 0.376 e. The van der Waals surface area contributed by atoms with Crippen molar-refractivity contribution in [2.75, 3.05) is 6.61 Å². The van der Waals surface area contributed by atoms with Crippen molar-refractivity contribution in [3.63, 3.8) is 0 Å². The average Bonchev–Trinajstić information content (AvgIpc) is 3.13. The van der Waals surface area contributed by atoms with Gasteiger partial charge < -0.3 is 10.1 Å². The van der Waals surface area contributed by atoms with Gasteiger partial charge in [-0.1, -0.05) is 12.1 Å². The molecule has 1 fully saturated rings. The second-order valence-corrected chi connectivity index (χ2v) is 5.48. The van der Waals surface area contributed by atoms with Gasteiger partial charge in [0.25, 0.3) is 0 Å². The minimum atomic E-state index is -0.212. The topological polar surface area (TPSA) is 49.9 Å². The van der Waals surface area contributed by atoms with Gasteiger partial charge in [-0.2, -0.15) is 5.10 Å². The molecule has 0 aliphatic carbocycles. The van der Waals surface area contributed by atoms with Crippen LogP contribution in [0.1, 0.15) is 35.7 Å². The first-order chi connectivity index (χ1) is 10.2. The van der Waals surface area contributed by atoms with Crippen molar-refractivity contribution in [3.8, 4) is 0 Å². The van der Waals surface area contributed by atoms with Gasteiger partial charge in [0.05, 0.1) is 18.3 Å². The highest BCUT2D eigenvalue weighted by molar-refractivity contribution is 5.22. The highest BCUT2D eigenvalue weighted by atomic mass is 19.1. The molecule has 2 aromatic rings. The predicted molar refractivity (Wildman–Crippen MR) is 78.3 cm³/mol. The quantitative estimate of drug-likeness (QED) is 0.890. The molecule has 1 aromatic heterocycles. The summed E-state index contributed by atoms with van der Waals surface area (Å²) in [5.41, 5.74) is 3.26. The molecular weight excluding hydrogens is 269 g/mol. The third kappa shape index (κ3) is 3.31. The number of nitrogens with one attached hydrogen (secondary N) is 2. The second kappa shape index (κ2) is 6.37. The lowest BCUT2D eigenvalue weighted by atomic mass is 9.99. The van der Waals surface area contributed by atoms with Gasteiger partial charge in [0.2, 0.25) is 0 Å². The number of nitrogens with zero attached hydrogens (tertiary/aromatic N) is 1. The average molecular weight is 289 g/mol.